The topological polar surface area (TPSA) is 97.7 Å². The minimum atomic E-state index is -3.92. The summed E-state index contributed by atoms with van der Waals surface area (Å²) < 4.78 is 35.5. The Morgan fingerprint density at radius 2 is 1.77 bits per heavy atom. The maximum Gasteiger partial charge on any atom is 0.341 e. The van der Waals surface area contributed by atoms with Crippen molar-refractivity contribution in [1.82, 2.24) is 14.2 Å². The summed E-state index contributed by atoms with van der Waals surface area (Å²) in [4.78, 5) is 25.7. The van der Waals surface area contributed by atoms with Crippen LogP contribution >= 0.6 is 0 Å². The monoisotopic (exact) mass is 501 g/mol. The van der Waals surface area contributed by atoms with Gasteiger partial charge in [0.2, 0.25) is 15.9 Å². The second-order valence-corrected chi connectivity index (χ2v) is 11.4. The summed E-state index contributed by atoms with van der Waals surface area (Å²) in [7, 11) is -2.18. The molecule has 2 heterocycles. The van der Waals surface area contributed by atoms with Gasteiger partial charge in [-0.25, -0.2) is 13.2 Å². The predicted octanol–water partition coefficient (Wildman–Crippen LogP) is 3.41. The maximum atomic E-state index is 13.6. The Labute approximate surface area is 207 Å². The number of amides is 1. The van der Waals surface area contributed by atoms with Crippen LogP contribution in [0.4, 0.5) is 0 Å². The van der Waals surface area contributed by atoms with Gasteiger partial charge in [0.15, 0.2) is 0 Å². The molecule has 9 heteroatoms. The van der Waals surface area contributed by atoms with Crippen LogP contribution in [0.3, 0.4) is 0 Å². The molecular weight excluding hydrogens is 466 g/mol. The minimum Gasteiger partial charge on any atom is -0.462 e. The molecule has 4 rings (SSSR count). The number of nitrogens with zero attached hydrogens (tertiary/aromatic N) is 2. The molecule has 0 radical (unpaired) electrons. The Bertz CT molecular complexity index is 1230. The fourth-order valence-electron chi connectivity index (χ4n) is 5.36. The molecule has 1 aliphatic heterocycles. The lowest BCUT2D eigenvalue weighted by atomic mass is 9.87. The largest absolute Gasteiger partial charge is 0.462 e. The van der Waals surface area contributed by atoms with Gasteiger partial charge in [0.1, 0.15) is 10.5 Å². The number of hydrogen-bond donors (Lipinski definition) is 1. The molecule has 8 nitrogen and oxygen atoms in total. The molecule has 0 unspecified atom stereocenters. The second kappa shape index (κ2) is 10.1. The van der Waals surface area contributed by atoms with E-state index in [-0.39, 0.29) is 48.0 Å². The molecule has 0 spiro atoms. The van der Waals surface area contributed by atoms with Crippen molar-refractivity contribution in [3.05, 3.63) is 52.3 Å². The van der Waals surface area contributed by atoms with E-state index >= 15 is 0 Å². The zero-order valence-corrected chi connectivity index (χ0v) is 21.8. The van der Waals surface area contributed by atoms with Crippen molar-refractivity contribution >= 4 is 21.9 Å². The van der Waals surface area contributed by atoms with E-state index in [1.165, 1.54) is 15.4 Å². The number of nitrogens with one attached hydrogen (secondary N) is 1. The Morgan fingerprint density at radius 3 is 2.46 bits per heavy atom. The SMILES string of the molecule is CCOC(=O)c1c(S(=O)(=O)N2CCC(C(=O)N[C@@H]3CCCc4ccccc43)CC2)c(C)n(C)c1C. The zero-order chi connectivity index (χ0) is 25.3. The van der Waals surface area contributed by atoms with Gasteiger partial charge < -0.3 is 14.6 Å². The normalized spacial score (nSPS) is 19.3. The van der Waals surface area contributed by atoms with E-state index in [1.54, 1.807) is 32.4 Å². The Morgan fingerprint density at radius 1 is 1.09 bits per heavy atom. The first-order valence-corrected chi connectivity index (χ1v) is 13.8. The number of carbonyl (C=O) groups is 2. The lowest BCUT2D eigenvalue weighted by Gasteiger charge is -2.33. The van der Waals surface area contributed by atoms with Crippen LogP contribution in [0, 0.1) is 19.8 Å². The van der Waals surface area contributed by atoms with Crippen LogP contribution in [0.2, 0.25) is 0 Å². The van der Waals surface area contributed by atoms with E-state index in [0.717, 1.165) is 19.3 Å². The van der Waals surface area contributed by atoms with Crippen molar-refractivity contribution in [2.75, 3.05) is 19.7 Å². The molecule has 1 fully saturated rings. The molecule has 0 saturated carbocycles. The van der Waals surface area contributed by atoms with Crippen molar-refractivity contribution in [2.45, 2.75) is 63.8 Å². The van der Waals surface area contributed by atoms with Crippen LogP contribution in [-0.2, 0) is 33.0 Å². The van der Waals surface area contributed by atoms with Gasteiger partial charge in [-0.05, 0) is 64.0 Å². The van der Waals surface area contributed by atoms with Gasteiger partial charge in [-0.1, -0.05) is 24.3 Å². The highest BCUT2D eigenvalue weighted by Crippen LogP contribution is 2.33. The summed E-state index contributed by atoms with van der Waals surface area (Å²) in [5.41, 5.74) is 3.63. The third kappa shape index (κ3) is 4.76. The minimum absolute atomic E-state index is 0.0105. The number of fused-ring (bicyclic) bond motifs is 1. The van der Waals surface area contributed by atoms with Crippen LogP contribution < -0.4 is 5.32 Å². The van der Waals surface area contributed by atoms with Gasteiger partial charge in [0, 0.05) is 37.4 Å². The number of rotatable bonds is 6. The number of aromatic nitrogens is 1. The van der Waals surface area contributed by atoms with Crippen molar-refractivity contribution < 1.29 is 22.7 Å². The van der Waals surface area contributed by atoms with Crippen LogP contribution in [0.15, 0.2) is 29.2 Å². The summed E-state index contributed by atoms with van der Waals surface area (Å²) in [5.74, 6) is -0.879. The van der Waals surface area contributed by atoms with Gasteiger partial charge in [-0.15, -0.1) is 0 Å². The molecule has 1 aromatic carbocycles. The van der Waals surface area contributed by atoms with Crippen LogP contribution in [-0.4, -0.2) is 48.9 Å². The molecule has 2 aliphatic rings. The van der Waals surface area contributed by atoms with Crippen LogP contribution in [0.25, 0.3) is 0 Å². The average molecular weight is 502 g/mol. The van der Waals surface area contributed by atoms with Gasteiger partial charge in [0.05, 0.1) is 12.6 Å². The number of carbonyl (C=O) groups excluding carboxylic acids is 2. The highest BCUT2D eigenvalue weighted by atomic mass is 32.2. The summed E-state index contributed by atoms with van der Waals surface area (Å²) in [5, 5.41) is 3.22. The fourth-order valence-corrected chi connectivity index (χ4v) is 7.31. The summed E-state index contributed by atoms with van der Waals surface area (Å²) >= 11 is 0. The Balaban J connectivity index is 1.47. The smallest absolute Gasteiger partial charge is 0.341 e. The number of piperidine rings is 1. The van der Waals surface area contributed by atoms with E-state index < -0.39 is 16.0 Å². The third-order valence-electron chi connectivity index (χ3n) is 7.51. The number of benzene rings is 1. The summed E-state index contributed by atoms with van der Waals surface area (Å²) in [6, 6.07) is 8.25. The molecule has 2 aromatic rings. The molecule has 0 bridgehead atoms. The summed E-state index contributed by atoms with van der Waals surface area (Å²) in [6.45, 7) is 5.74. The van der Waals surface area contributed by atoms with Gasteiger partial charge in [0.25, 0.3) is 0 Å². The van der Waals surface area contributed by atoms with Crippen molar-refractivity contribution in [2.24, 2.45) is 13.0 Å². The first-order chi connectivity index (χ1) is 16.7. The van der Waals surface area contributed by atoms with E-state index in [9.17, 15) is 18.0 Å². The number of esters is 1. The number of aryl methyl sites for hydroxylation is 1. The maximum absolute atomic E-state index is 13.6. The molecule has 1 atom stereocenters. The van der Waals surface area contributed by atoms with Crippen molar-refractivity contribution in [3.8, 4) is 0 Å². The fraction of sp³-hybridized carbons (Fsp3) is 0.538. The Kier molecular flexibility index (Phi) is 7.38. The highest BCUT2D eigenvalue weighted by Gasteiger charge is 2.38. The van der Waals surface area contributed by atoms with E-state index in [1.807, 2.05) is 12.1 Å². The zero-order valence-electron chi connectivity index (χ0n) is 21.0. The number of hydrogen-bond acceptors (Lipinski definition) is 5. The van der Waals surface area contributed by atoms with Gasteiger partial charge in [-0.3, -0.25) is 4.79 Å². The standard InChI is InChI=1S/C26H35N3O5S/c1-5-34-26(31)23-17(2)28(4)18(3)24(23)35(32,33)29-15-13-20(14-16-29)25(30)27-22-12-8-10-19-9-6-7-11-21(19)22/h6-7,9,11,20,22H,5,8,10,12-16H2,1-4H3,(H,27,30)/t22-/m1/s1. The molecule has 1 aromatic heterocycles. The number of sulfonamides is 1. The average Bonchev–Trinajstić information content (AvgIpc) is 3.09. The first kappa shape index (κ1) is 25.4. The van der Waals surface area contributed by atoms with E-state index in [4.69, 9.17) is 4.74 Å². The molecule has 1 aliphatic carbocycles. The molecule has 35 heavy (non-hydrogen) atoms. The third-order valence-corrected chi connectivity index (χ3v) is 9.57. The van der Waals surface area contributed by atoms with Crippen molar-refractivity contribution in [3.63, 3.8) is 0 Å². The summed E-state index contributed by atoms with van der Waals surface area (Å²) in [6.07, 6.45) is 3.87. The molecule has 1 amide bonds. The second-order valence-electron chi connectivity index (χ2n) is 9.49. The van der Waals surface area contributed by atoms with E-state index in [2.05, 4.69) is 17.4 Å². The molecule has 190 valence electrons. The first-order valence-electron chi connectivity index (χ1n) is 12.4. The van der Waals surface area contributed by atoms with Crippen LogP contribution in [0.5, 0.6) is 0 Å². The highest BCUT2D eigenvalue weighted by molar-refractivity contribution is 7.89. The van der Waals surface area contributed by atoms with Gasteiger partial charge in [-0.2, -0.15) is 4.31 Å². The van der Waals surface area contributed by atoms with Crippen LogP contribution in [0.1, 0.15) is 71.5 Å². The molecular formula is C26H35N3O5S. The quantitative estimate of drug-likeness (QED) is 0.612. The van der Waals surface area contributed by atoms with E-state index in [0.29, 0.717) is 24.2 Å². The number of ether oxygens (including phenoxy) is 1. The van der Waals surface area contributed by atoms with Gasteiger partial charge >= 0.3 is 5.97 Å². The van der Waals surface area contributed by atoms with Crippen molar-refractivity contribution in [1.29, 1.82) is 0 Å². The Hall–Kier alpha value is -2.65. The molecule has 1 N–H and O–H groups in total. The lowest BCUT2D eigenvalue weighted by molar-refractivity contribution is -0.127. The lowest BCUT2D eigenvalue weighted by Crippen LogP contribution is -2.44. The molecule has 1 saturated heterocycles. The predicted molar refractivity (Wildman–Crippen MR) is 133 cm³/mol.